The van der Waals surface area contributed by atoms with Crippen molar-refractivity contribution >= 4 is 10.0 Å². The minimum absolute atomic E-state index is 0.114. The fourth-order valence-electron chi connectivity index (χ4n) is 2.49. The van der Waals surface area contributed by atoms with E-state index in [9.17, 15) is 8.42 Å². The van der Waals surface area contributed by atoms with E-state index in [1.807, 2.05) is 0 Å². The van der Waals surface area contributed by atoms with Crippen LogP contribution in [0.15, 0.2) is 51.9 Å². The Kier molecular flexibility index (Phi) is 5.81. The molecule has 0 fully saturated rings. The van der Waals surface area contributed by atoms with Gasteiger partial charge in [-0.3, -0.25) is 0 Å². The number of nitrogens with one attached hydrogen (secondary N) is 1. The van der Waals surface area contributed by atoms with Crippen LogP contribution in [0.4, 0.5) is 0 Å². The predicted octanol–water partition coefficient (Wildman–Crippen LogP) is 2.24. The van der Waals surface area contributed by atoms with Crippen LogP contribution in [-0.2, 0) is 16.6 Å². The summed E-state index contributed by atoms with van der Waals surface area (Å²) in [4.78, 5) is 4.38. The molecule has 0 bridgehead atoms. The quantitative estimate of drug-likeness (QED) is 0.607. The van der Waals surface area contributed by atoms with Crippen LogP contribution < -0.4 is 18.9 Å². The van der Waals surface area contributed by atoms with Gasteiger partial charge in [0.2, 0.25) is 27.5 Å². The molecule has 0 atom stereocenters. The molecule has 0 spiro atoms. The highest BCUT2D eigenvalue weighted by Crippen LogP contribution is 2.40. The van der Waals surface area contributed by atoms with Gasteiger partial charge in [0, 0.05) is 5.56 Å². The van der Waals surface area contributed by atoms with Gasteiger partial charge in [-0.1, -0.05) is 23.4 Å². The van der Waals surface area contributed by atoms with E-state index in [1.54, 1.807) is 30.3 Å². The van der Waals surface area contributed by atoms with Crippen LogP contribution in [0, 0.1) is 0 Å². The second-order valence-corrected chi connectivity index (χ2v) is 7.33. The summed E-state index contributed by atoms with van der Waals surface area (Å²) in [6.07, 6.45) is 0. The van der Waals surface area contributed by atoms with E-state index in [0.717, 1.165) is 0 Å². The Morgan fingerprint density at radius 3 is 2.21 bits per heavy atom. The number of hydrogen-bond acceptors (Lipinski definition) is 8. The van der Waals surface area contributed by atoms with Gasteiger partial charge in [0.15, 0.2) is 11.5 Å². The fourth-order valence-corrected chi connectivity index (χ4v) is 3.49. The van der Waals surface area contributed by atoms with E-state index in [4.69, 9.17) is 18.7 Å². The summed E-state index contributed by atoms with van der Waals surface area (Å²) in [6.45, 7) is -0.144. The molecule has 2 aromatic carbocycles. The van der Waals surface area contributed by atoms with E-state index in [-0.39, 0.29) is 23.2 Å². The minimum atomic E-state index is -3.68. The molecular weight excluding hydrogens is 386 g/mol. The van der Waals surface area contributed by atoms with E-state index in [0.29, 0.717) is 22.8 Å². The van der Waals surface area contributed by atoms with E-state index in [1.165, 1.54) is 33.5 Å². The molecule has 3 aromatic rings. The fraction of sp³-hybridized carbons (Fsp3) is 0.222. The maximum atomic E-state index is 12.3. The molecule has 0 unspecified atom stereocenters. The largest absolute Gasteiger partial charge is 0.493 e. The van der Waals surface area contributed by atoms with Crippen molar-refractivity contribution in [2.24, 2.45) is 0 Å². The van der Waals surface area contributed by atoms with Gasteiger partial charge in [-0.2, -0.15) is 4.98 Å². The standard InChI is InChI=1S/C18H19N3O6S/c1-24-14-9-12(10-15(25-2)17(14)26-3)18-20-16(27-21-18)11-19-28(22,23)13-7-5-4-6-8-13/h4-10,19H,11H2,1-3H3. The molecule has 0 saturated carbocycles. The Morgan fingerprint density at radius 2 is 1.64 bits per heavy atom. The normalized spacial score (nSPS) is 11.2. The zero-order valence-electron chi connectivity index (χ0n) is 15.5. The van der Waals surface area contributed by atoms with E-state index < -0.39 is 10.0 Å². The molecule has 1 N–H and O–H groups in total. The van der Waals surface area contributed by atoms with Crippen molar-refractivity contribution in [2.45, 2.75) is 11.4 Å². The zero-order chi connectivity index (χ0) is 20.1. The number of hydrogen-bond donors (Lipinski definition) is 1. The molecular formula is C18H19N3O6S. The lowest BCUT2D eigenvalue weighted by atomic mass is 10.1. The first kappa shape index (κ1) is 19.6. The Hall–Kier alpha value is -3.11. The van der Waals surface area contributed by atoms with Crippen LogP contribution in [0.2, 0.25) is 0 Å². The lowest BCUT2D eigenvalue weighted by molar-refractivity contribution is 0.324. The maximum Gasteiger partial charge on any atom is 0.242 e. The molecule has 0 aliphatic carbocycles. The van der Waals surface area contributed by atoms with Crippen LogP contribution in [0.3, 0.4) is 0 Å². The molecule has 3 rings (SSSR count). The maximum absolute atomic E-state index is 12.3. The van der Waals surface area contributed by atoms with Crippen LogP contribution in [0.25, 0.3) is 11.4 Å². The van der Waals surface area contributed by atoms with Gasteiger partial charge in [0.25, 0.3) is 0 Å². The van der Waals surface area contributed by atoms with Crippen LogP contribution in [0.1, 0.15) is 5.89 Å². The lowest BCUT2D eigenvalue weighted by Gasteiger charge is -2.12. The van der Waals surface area contributed by atoms with Crippen molar-refractivity contribution < 1.29 is 27.2 Å². The monoisotopic (exact) mass is 405 g/mol. The van der Waals surface area contributed by atoms with E-state index in [2.05, 4.69) is 14.9 Å². The highest BCUT2D eigenvalue weighted by molar-refractivity contribution is 7.89. The number of benzene rings is 2. The predicted molar refractivity (Wildman–Crippen MR) is 99.9 cm³/mol. The van der Waals surface area contributed by atoms with Gasteiger partial charge >= 0.3 is 0 Å². The topological polar surface area (TPSA) is 113 Å². The average Bonchev–Trinajstić information content (AvgIpc) is 3.21. The van der Waals surface area contributed by atoms with Gasteiger partial charge in [-0.25, -0.2) is 13.1 Å². The summed E-state index contributed by atoms with van der Waals surface area (Å²) in [7, 11) is 0.829. The summed E-state index contributed by atoms with van der Waals surface area (Å²) in [5, 5.41) is 3.89. The SMILES string of the molecule is COc1cc(-c2noc(CNS(=O)(=O)c3ccccc3)n2)cc(OC)c1OC. The van der Waals surface area contributed by atoms with Crippen LogP contribution in [-0.4, -0.2) is 39.9 Å². The van der Waals surface area contributed by atoms with Gasteiger partial charge in [-0.05, 0) is 24.3 Å². The third kappa shape index (κ3) is 4.07. The van der Waals surface area contributed by atoms with Crippen molar-refractivity contribution in [1.82, 2.24) is 14.9 Å². The summed E-state index contributed by atoms with van der Waals surface area (Å²) < 4.78 is 48.0. The van der Waals surface area contributed by atoms with Gasteiger partial charge in [0.1, 0.15) is 0 Å². The Bertz CT molecular complexity index is 1030. The summed E-state index contributed by atoms with van der Waals surface area (Å²) in [6, 6.07) is 11.4. The number of aromatic nitrogens is 2. The summed E-state index contributed by atoms with van der Waals surface area (Å²) in [5.74, 6) is 1.69. The van der Waals surface area contributed by atoms with Crippen molar-refractivity contribution in [3.8, 4) is 28.6 Å². The number of methoxy groups -OCH3 is 3. The number of sulfonamides is 1. The Labute approximate surface area is 162 Å². The first-order chi connectivity index (χ1) is 13.5. The van der Waals surface area contributed by atoms with Gasteiger partial charge in [0.05, 0.1) is 32.8 Å². The van der Waals surface area contributed by atoms with Gasteiger partial charge in [-0.15, -0.1) is 0 Å². The smallest absolute Gasteiger partial charge is 0.242 e. The molecule has 0 radical (unpaired) electrons. The number of rotatable bonds is 8. The molecule has 148 valence electrons. The summed E-state index contributed by atoms with van der Waals surface area (Å²) >= 11 is 0. The lowest BCUT2D eigenvalue weighted by Crippen LogP contribution is -2.23. The third-order valence-electron chi connectivity index (χ3n) is 3.86. The highest BCUT2D eigenvalue weighted by Gasteiger charge is 2.19. The second-order valence-electron chi connectivity index (χ2n) is 5.56. The average molecular weight is 405 g/mol. The molecule has 28 heavy (non-hydrogen) atoms. The Balaban J connectivity index is 1.81. The second kappa shape index (κ2) is 8.28. The third-order valence-corrected chi connectivity index (χ3v) is 5.28. The van der Waals surface area contributed by atoms with E-state index >= 15 is 0 Å². The molecule has 1 heterocycles. The van der Waals surface area contributed by atoms with Crippen molar-refractivity contribution in [1.29, 1.82) is 0 Å². The van der Waals surface area contributed by atoms with Crippen LogP contribution in [0.5, 0.6) is 17.2 Å². The molecule has 0 aliphatic rings. The van der Waals surface area contributed by atoms with Gasteiger partial charge < -0.3 is 18.7 Å². The first-order valence-electron chi connectivity index (χ1n) is 8.16. The first-order valence-corrected chi connectivity index (χ1v) is 9.64. The molecule has 1 aromatic heterocycles. The Morgan fingerprint density at radius 1 is 1.00 bits per heavy atom. The highest BCUT2D eigenvalue weighted by atomic mass is 32.2. The molecule has 9 nitrogen and oxygen atoms in total. The zero-order valence-corrected chi connectivity index (χ0v) is 16.3. The number of nitrogens with zero attached hydrogens (tertiary/aromatic N) is 2. The molecule has 0 aliphatic heterocycles. The van der Waals surface area contributed by atoms with Crippen molar-refractivity contribution in [3.05, 3.63) is 48.4 Å². The molecule has 0 saturated heterocycles. The van der Waals surface area contributed by atoms with Crippen LogP contribution >= 0.6 is 0 Å². The minimum Gasteiger partial charge on any atom is -0.493 e. The number of ether oxygens (including phenoxy) is 3. The molecule has 10 heteroatoms. The van der Waals surface area contributed by atoms with Crippen molar-refractivity contribution in [3.63, 3.8) is 0 Å². The van der Waals surface area contributed by atoms with Crippen molar-refractivity contribution in [2.75, 3.05) is 21.3 Å². The summed E-state index contributed by atoms with van der Waals surface area (Å²) in [5.41, 5.74) is 0.565. The molecule has 0 amide bonds.